The van der Waals surface area contributed by atoms with E-state index in [1.807, 2.05) is 6.92 Å². The van der Waals surface area contributed by atoms with Crippen LogP contribution < -0.4 is 0 Å². The zero-order chi connectivity index (χ0) is 11.6. The Balaban J connectivity index is 5.06. The molecule has 4 nitrogen and oxygen atoms in total. The molecule has 0 radical (unpaired) electrons. The van der Waals surface area contributed by atoms with Gasteiger partial charge in [0, 0.05) is 0 Å². The van der Waals surface area contributed by atoms with Crippen molar-refractivity contribution >= 4 is 15.8 Å². The maximum absolute atomic E-state index is 11.8. The Kier molecular flexibility index (Phi) is 4.12. The molecule has 5 heteroatoms. The predicted molar refractivity (Wildman–Crippen MR) is 55.0 cm³/mol. The van der Waals surface area contributed by atoms with E-state index >= 15 is 0 Å². The van der Waals surface area contributed by atoms with Gasteiger partial charge in [0.1, 0.15) is 0 Å². The van der Waals surface area contributed by atoms with Crippen LogP contribution >= 0.6 is 0 Å². The van der Waals surface area contributed by atoms with Crippen molar-refractivity contribution in [2.24, 2.45) is 0 Å². The first-order valence-corrected chi connectivity index (χ1v) is 6.19. The Morgan fingerprint density at radius 3 is 2.14 bits per heavy atom. The first kappa shape index (κ1) is 13.4. The highest BCUT2D eigenvalue weighted by atomic mass is 32.2. The van der Waals surface area contributed by atoms with Crippen LogP contribution in [-0.2, 0) is 14.6 Å². The first-order chi connectivity index (χ1) is 6.17. The molecule has 0 saturated carbocycles. The second-order valence-corrected chi connectivity index (χ2v) is 6.88. The van der Waals surface area contributed by atoms with Crippen molar-refractivity contribution in [3.8, 4) is 0 Å². The second-order valence-electron chi connectivity index (χ2n) is 3.96. The van der Waals surface area contributed by atoms with E-state index in [9.17, 15) is 13.2 Å². The highest BCUT2D eigenvalue weighted by molar-refractivity contribution is 7.94. The fourth-order valence-corrected chi connectivity index (χ4v) is 2.98. The summed E-state index contributed by atoms with van der Waals surface area (Å²) in [5.74, 6) is -1.29. The maximum atomic E-state index is 11.8. The van der Waals surface area contributed by atoms with Gasteiger partial charge in [0.25, 0.3) is 0 Å². The van der Waals surface area contributed by atoms with Crippen molar-refractivity contribution in [2.45, 2.75) is 50.5 Å². The molecule has 0 aliphatic carbocycles. The highest BCUT2D eigenvalue weighted by Crippen LogP contribution is 2.24. The normalized spacial score (nSPS) is 15.1. The van der Waals surface area contributed by atoms with E-state index in [1.165, 1.54) is 13.8 Å². The molecule has 0 rings (SSSR count). The molecule has 0 aromatic heterocycles. The number of aliphatic carboxylic acids is 1. The molecular formula is C9H18O4S. The predicted octanol–water partition coefficient (Wildman–Crippen LogP) is 1.45. The lowest BCUT2D eigenvalue weighted by molar-refractivity contribution is -0.139. The third-order valence-electron chi connectivity index (χ3n) is 2.45. The number of carboxylic acids is 1. The average molecular weight is 222 g/mol. The van der Waals surface area contributed by atoms with Crippen molar-refractivity contribution in [3.63, 3.8) is 0 Å². The fraction of sp³-hybridized carbons (Fsp3) is 0.889. The summed E-state index contributed by atoms with van der Waals surface area (Å²) in [4.78, 5) is 10.8. The van der Waals surface area contributed by atoms with Gasteiger partial charge < -0.3 is 5.11 Å². The Morgan fingerprint density at radius 1 is 1.43 bits per heavy atom. The molecule has 0 aromatic carbocycles. The van der Waals surface area contributed by atoms with Gasteiger partial charge in [-0.1, -0.05) is 13.3 Å². The summed E-state index contributed by atoms with van der Waals surface area (Å²) < 4.78 is 21.9. The van der Waals surface area contributed by atoms with E-state index < -0.39 is 25.8 Å². The van der Waals surface area contributed by atoms with Gasteiger partial charge in [-0.15, -0.1) is 0 Å². The third kappa shape index (κ3) is 2.26. The van der Waals surface area contributed by atoms with Gasteiger partial charge >= 0.3 is 5.97 Å². The first-order valence-electron chi connectivity index (χ1n) is 4.64. The van der Waals surface area contributed by atoms with Crippen LogP contribution in [0.2, 0.25) is 0 Å². The number of carbonyl (C=O) groups is 1. The highest BCUT2D eigenvalue weighted by Gasteiger charge is 2.44. The summed E-state index contributed by atoms with van der Waals surface area (Å²) >= 11 is 0. The van der Waals surface area contributed by atoms with E-state index in [1.54, 1.807) is 6.92 Å². The minimum atomic E-state index is -3.60. The van der Waals surface area contributed by atoms with Crippen LogP contribution in [0.3, 0.4) is 0 Å². The summed E-state index contributed by atoms with van der Waals surface area (Å²) in [5, 5.41) is 8.22. The number of rotatable bonds is 5. The van der Waals surface area contributed by atoms with Crippen molar-refractivity contribution in [2.75, 3.05) is 0 Å². The topological polar surface area (TPSA) is 71.4 Å². The van der Waals surface area contributed by atoms with Gasteiger partial charge in [0.15, 0.2) is 14.6 Å². The lowest BCUT2D eigenvalue weighted by atomic mass is 10.2. The smallest absolute Gasteiger partial charge is 0.324 e. The Hall–Kier alpha value is -0.580. The molecule has 0 heterocycles. The molecule has 14 heavy (non-hydrogen) atoms. The molecule has 1 N–H and O–H groups in total. The standard InChI is InChI=1S/C9H18O4S/c1-5-6-7(2)14(12,13)9(3,4)8(10)11/h7H,5-6H2,1-4H3,(H,10,11). The van der Waals surface area contributed by atoms with Crippen LogP contribution in [0.15, 0.2) is 0 Å². The molecule has 0 bridgehead atoms. The Bertz CT molecular complexity index is 303. The molecule has 0 saturated heterocycles. The van der Waals surface area contributed by atoms with E-state index in [0.717, 1.165) is 6.42 Å². The zero-order valence-corrected chi connectivity index (χ0v) is 9.89. The van der Waals surface area contributed by atoms with E-state index in [0.29, 0.717) is 6.42 Å². The van der Waals surface area contributed by atoms with E-state index in [2.05, 4.69) is 0 Å². The van der Waals surface area contributed by atoms with Crippen LogP contribution in [0.4, 0.5) is 0 Å². The van der Waals surface area contributed by atoms with Gasteiger partial charge in [-0.3, -0.25) is 4.79 Å². The maximum Gasteiger partial charge on any atom is 0.324 e. The molecule has 1 atom stereocenters. The van der Waals surface area contributed by atoms with E-state index in [-0.39, 0.29) is 0 Å². The second kappa shape index (κ2) is 4.29. The van der Waals surface area contributed by atoms with Gasteiger partial charge in [0.2, 0.25) is 0 Å². The number of hydrogen-bond donors (Lipinski definition) is 1. The quantitative estimate of drug-likeness (QED) is 0.764. The van der Waals surface area contributed by atoms with Gasteiger partial charge in [-0.05, 0) is 27.2 Å². The van der Waals surface area contributed by atoms with Gasteiger partial charge in [-0.25, -0.2) is 8.42 Å². The van der Waals surface area contributed by atoms with Crippen LogP contribution in [-0.4, -0.2) is 29.5 Å². The SMILES string of the molecule is CCCC(C)S(=O)(=O)C(C)(C)C(=O)O. The molecular weight excluding hydrogens is 204 g/mol. The molecule has 0 aliphatic rings. The minimum absolute atomic E-state index is 0.499. The van der Waals surface area contributed by atoms with Crippen molar-refractivity contribution in [1.82, 2.24) is 0 Å². The molecule has 0 aromatic rings. The van der Waals surface area contributed by atoms with Crippen LogP contribution in [0, 0.1) is 0 Å². The van der Waals surface area contributed by atoms with Crippen molar-refractivity contribution < 1.29 is 18.3 Å². The summed E-state index contributed by atoms with van der Waals surface area (Å²) in [6, 6.07) is 0. The number of hydrogen-bond acceptors (Lipinski definition) is 3. The summed E-state index contributed by atoms with van der Waals surface area (Å²) in [6.07, 6.45) is 1.23. The number of carboxylic acid groups (broad SMARTS) is 1. The van der Waals surface area contributed by atoms with Crippen molar-refractivity contribution in [1.29, 1.82) is 0 Å². The van der Waals surface area contributed by atoms with Crippen LogP contribution in [0.1, 0.15) is 40.5 Å². The molecule has 84 valence electrons. The molecule has 0 spiro atoms. The number of sulfone groups is 1. The van der Waals surface area contributed by atoms with Gasteiger partial charge in [-0.2, -0.15) is 0 Å². The summed E-state index contributed by atoms with van der Waals surface area (Å²) in [6.45, 7) is 5.90. The lowest BCUT2D eigenvalue weighted by Crippen LogP contribution is -2.45. The monoisotopic (exact) mass is 222 g/mol. The minimum Gasteiger partial charge on any atom is -0.480 e. The molecule has 0 fully saturated rings. The van der Waals surface area contributed by atoms with Crippen LogP contribution in [0.25, 0.3) is 0 Å². The van der Waals surface area contributed by atoms with Crippen LogP contribution in [0.5, 0.6) is 0 Å². The molecule has 0 amide bonds. The molecule has 0 aliphatic heterocycles. The largest absolute Gasteiger partial charge is 0.480 e. The van der Waals surface area contributed by atoms with E-state index in [4.69, 9.17) is 5.11 Å². The summed E-state index contributed by atoms with van der Waals surface area (Å²) in [5.41, 5.74) is 0. The zero-order valence-electron chi connectivity index (χ0n) is 9.07. The molecule has 1 unspecified atom stereocenters. The Labute approximate surface area is 85.2 Å². The van der Waals surface area contributed by atoms with Crippen molar-refractivity contribution in [3.05, 3.63) is 0 Å². The van der Waals surface area contributed by atoms with Gasteiger partial charge in [0.05, 0.1) is 5.25 Å². The third-order valence-corrected chi connectivity index (χ3v) is 5.34. The fourth-order valence-electron chi connectivity index (χ4n) is 1.19. The lowest BCUT2D eigenvalue weighted by Gasteiger charge is -2.24. The average Bonchev–Trinajstić information content (AvgIpc) is 2.04. The summed E-state index contributed by atoms with van der Waals surface area (Å²) in [7, 11) is -3.60. The Morgan fingerprint density at radius 2 is 1.86 bits per heavy atom.